The molecule has 0 fully saturated rings. The largest absolute Gasteiger partial charge is 0.452 e. The van der Waals surface area contributed by atoms with Gasteiger partial charge in [0.15, 0.2) is 16.4 Å². The molecular formula is C17H16ClNO5S. The highest BCUT2D eigenvalue weighted by Gasteiger charge is 2.11. The highest BCUT2D eigenvalue weighted by molar-refractivity contribution is 7.89. The first-order valence-electron chi connectivity index (χ1n) is 7.22. The van der Waals surface area contributed by atoms with Crippen LogP contribution in [0.3, 0.4) is 0 Å². The van der Waals surface area contributed by atoms with Gasteiger partial charge in [0, 0.05) is 17.0 Å². The fourth-order valence-corrected chi connectivity index (χ4v) is 3.01. The number of nitrogens with one attached hydrogen (secondary N) is 1. The zero-order valence-electron chi connectivity index (χ0n) is 13.4. The molecule has 2 aromatic rings. The summed E-state index contributed by atoms with van der Waals surface area (Å²) in [5.41, 5.74) is 1.30. The second-order valence-electron chi connectivity index (χ2n) is 5.40. The highest BCUT2D eigenvalue weighted by atomic mass is 35.5. The van der Waals surface area contributed by atoms with Gasteiger partial charge in [0.1, 0.15) is 0 Å². The predicted molar refractivity (Wildman–Crippen MR) is 95.4 cm³/mol. The Morgan fingerprint density at radius 2 is 1.80 bits per heavy atom. The van der Waals surface area contributed by atoms with Crippen LogP contribution >= 0.6 is 11.6 Å². The lowest BCUT2D eigenvalue weighted by Gasteiger charge is -2.07. The number of carbonyl (C=O) groups is 2. The van der Waals surface area contributed by atoms with Gasteiger partial charge in [-0.05, 0) is 35.9 Å². The monoisotopic (exact) mass is 381 g/mol. The molecule has 0 saturated carbocycles. The number of halogens is 1. The minimum atomic E-state index is -3.14. The molecule has 2 aromatic carbocycles. The quantitative estimate of drug-likeness (QED) is 0.777. The predicted octanol–water partition coefficient (Wildman–Crippen LogP) is 2.68. The Hall–Kier alpha value is -2.38. The van der Waals surface area contributed by atoms with Crippen molar-refractivity contribution in [3.8, 4) is 0 Å². The van der Waals surface area contributed by atoms with E-state index in [1.54, 1.807) is 24.3 Å². The molecule has 0 aliphatic carbocycles. The molecule has 0 heterocycles. The number of esters is 1. The zero-order valence-corrected chi connectivity index (χ0v) is 14.9. The van der Waals surface area contributed by atoms with Gasteiger partial charge in [-0.15, -0.1) is 0 Å². The van der Waals surface area contributed by atoms with Gasteiger partial charge < -0.3 is 10.1 Å². The van der Waals surface area contributed by atoms with Crippen molar-refractivity contribution >= 4 is 39.0 Å². The zero-order chi connectivity index (χ0) is 18.4. The molecule has 0 saturated heterocycles. The fraction of sp³-hybridized carbons (Fsp3) is 0.176. The van der Waals surface area contributed by atoms with Crippen molar-refractivity contribution in [2.24, 2.45) is 0 Å². The topological polar surface area (TPSA) is 89.5 Å². The summed E-state index contributed by atoms with van der Waals surface area (Å²) >= 11 is 5.81. The Kier molecular flexibility index (Phi) is 6.17. The lowest BCUT2D eigenvalue weighted by molar-refractivity contribution is -0.119. The van der Waals surface area contributed by atoms with E-state index in [2.05, 4.69) is 5.32 Å². The maximum atomic E-state index is 11.9. The molecule has 0 radical (unpaired) electrons. The van der Waals surface area contributed by atoms with Crippen molar-refractivity contribution in [1.82, 2.24) is 0 Å². The third-order valence-corrected chi connectivity index (χ3v) is 4.15. The molecule has 132 valence electrons. The van der Waals surface area contributed by atoms with Gasteiger partial charge >= 0.3 is 5.97 Å². The number of anilines is 1. The number of carbonyl (C=O) groups excluding carboxylic acids is 2. The number of ether oxygens (including phenoxy) is 1. The van der Waals surface area contributed by atoms with Crippen molar-refractivity contribution in [2.75, 3.05) is 18.2 Å². The summed E-state index contributed by atoms with van der Waals surface area (Å²) in [6, 6.07) is 12.6. The van der Waals surface area contributed by atoms with E-state index in [-0.39, 0.29) is 11.3 Å². The molecule has 6 nitrogen and oxygen atoms in total. The molecule has 0 bridgehead atoms. The van der Waals surface area contributed by atoms with Gasteiger partial charge in [0.05, 0.1) is 11.3 Å². The van der Waals surface area contributed by atoms with Crippen LogP contribution in [0.5, 0.6) is 0 Å². The number of rotatable bonds is 6. The van der Waals surface area contributed by atoms with Crippen LogP contribution in [-0.4, -0.2) is 33.2 Å². The molecule has 0 spiro atoms. The second kappa shape index (κ2) is 8.13. The van der Waals surface area contributed by atoms with E-state index >= 15 is 0 Å². The van der Waals surface area contributed by atoms with E-state index in [4.69, 9.17) is 16.3 Å². The summed E-state index contributed by atoms with van der Waals surface area (Å²) in [7, 11) is -3.14. The van der Waals surface area contributed by atoms with E-state index in [1.165, 1.54) is 24.3 Å². The minimum absolute atomic E-state index is 0.107. The normalized spacial score (nSPS) is 11.0. The SMILES string of the molecule is CS(=O)(=O)Cc1ccc(C(=O)OCC(=O)Nc2cccc(Cl)c2)cc1. The Balaban J connectivity index is 1.88. The molecule has 0 aliphatic heterocycles. The summed E-state index contributed by atoms with van der Waals surface area (Å²) in [4.78, 5) is 23.7. The van der Waals surface area contributed by atoms with Crippen LogP contribution in [0.15, 0.2) is 48.5 Å². The first kappa shape index (κ1) is 19.0. The molecule has 2 rings (SSSR count). The van der Waals surface area contributed by atoms with Crippen LogP contribution in [0, 0.1) is 0 Å². The molecule has 0 atom stereocenters. The van der Waals surface area contributed by atoms with Crippen LogP contribution in [0.25, 0.3) is 0 Å². The van der Waals surface area contributed by atoms with Crippen LogP contribution in [0.1, 0.15) is 15.9 Å². The molecule has 25 heavy (non-hydrogen) atoms. The molecule has 8 heteroatoms. The van der Waals surface area contributed by atoms with Gasteiger partial charge in [-0.1, -0.05) is 29.8 Å². The van der Waals surface area contributed by atoms with Crippen molar-refractivity contribution in [2.45, 2.75) is 5.75 Å². The number of sulfone groups is 1. The number of benzene rings is 2. The van der Waals surface area contributed by atoms with E-state index in [0.717, 1.165) is 6.26 Å². The summed E-state index contributed by atoms with van der Waals surface area (Å²) in [6.45, 7) is -0.448. The Morgan fingerprint density at radius 1 is 1.12 bits per heavy atom. The third kappa shape index (κ3) is 6.56. The first-order chi connectivity index (χ1) is 11.7. The van der Waals surface area contributed by atoms with Gasteiger partial charge in [-0.25, -0.2) is 13.2 Å². The number of hydrogen-bond acceptors (Lipinski definition) is 5. The smallest absolute Gasteiger partial charge is 0.338 e. The van der Waals surface area contributed by atoms with Crippen LogP contribution in [0.4, 0.5) is 5.69 Å². The van der Waals surface area contributed by atoms with Gasteiger partial charge in [0.25, 0.3) is 5.91 Å². The lowest BCUT2D eigenvalue weighted by atomic mass is 10.1. The summed E-state index contributed by atoms with van der Waals surface area (Å²) < 4.78 is 27.4. The van der Waals surface area contributed by atoms with Gasteiger partial charge in [0.2, 0.25) is 0 Å². The Bertz CT molecular complexity index is 878. The standard InChI is InChI=1S/C17H16ClNO5S/c1-25(22,23)11-12-5-7-13(8-6-12)17(21)24-10-16(20)19-15-4-2-3-14(18)9-15/h2-9H,10-11H2,1H3,(H,19,20). The lowest BCUT2D eigenvalue weighted by Crippen LogP contribution is -2.20. The van der Waals surface area contributed by atoms with Crippen molar-refractivity contribution < 1.29 is 22.7 Å². The highest BCUT2D eigenvalue weighted by Crippen LogP contribution is 2.15. The summed E-state index contributed by atoms with van der Waals surface area (Å²) in [5.74, 6) is -1.28. The molecule has 0 aromatic heterocycles. The minimum Gasteiger partial charge on any atom is -0.452 e. The average Bonchev–Trinajstić information content (AvgIpc) is 2.52. The Labute approximate surface area is 150 Å². The van der Waals surface area contributed by atoms with E-state index in [9.17, 15) is 18.0 Å². The summed E-state index contributed by atoms with van der Waals surface area (Å²) in [5, 5.41) is 3.03. The van der Waals surface area contributed by atoms with Crippen molar-refractivity contribution in [1.29, 1.82) is 0 Å². The second-order valence-corrected chi connectivity index (χ2v) is 7.98. The van der Waals surface area contributed by atoms with E-state index < -0.39 is 28.3 Å². The van der Waals surface area contributed by atoms with Crippen LogP contribution in [-0.2, 0) is 25.1 Å². The molecule has 0 unspecified atom stereocenters. The molecule has 0 aliphatic rings. The maximum absolute atomic E-state index is 11.9. The Morgan fingerprint density at radius 3 is 2.40 bits per heavy atom. The van der Waals surface area contributed by atoms with E-state index in [1.807, 2.05) is 0 Å². The average molecular weight is 382 g/mol. The first-order valence-corrected chi connectivity index (χ1v) is 9.66. The number of amides is 1. The third-order valence-electron chi connectivity index (χ3n) is 3.06. The van der Waals surface area contributed by atoms with Crippen molar-refractivity contribution in [3.63, 3.8) is 0 Å². The molecular weight excluding hydrogens is 366 g/mol. The molecule has 1 amide bonds. The van der Waals surface area contributed by atoms with Crippen LogP contribution < -0.4 is 5.32 Å². The maximum Gasteiger partial charge on any atom is 0.338 e. The van der Waals surface area contributed by atoms with Crippen LogP contribution in [0.2, 0.25) is 5.02 Å². The van der Waals surface area contributed by atoms with Gasteiger partial charge in [-0.3, -0.25) is 4.79 Å². The fourth-order valence-electron chi connectivity index (χ4n) is 2.02. The summed E-state index contributed by atoms with van der Waals surface area (Å²) in [6.07, 6.45) is 1.13. The van der Waals surface area contributed by atoms with E-state index in [0.29, 0.717) is 16.3 Å². The van der Waals surface area contributed by atoms with Crippen molar-refractivity contribution in [3.05, 3.63) is 64.7 Å². The number of hydrogen-bond donors (Lipinski definition) is 1. The van der Waals surface area contributed by atoms with Gasteiger partial charge in [-0.2, -0.15) is 0 Å². The molecule has 1 N–H and O–H groups in total.